The van der Waals surface area contributed by atoms with Crippen LogP contribution in [0.2, 0.25) is 0 Å². The van der Waals surface area contributed by atoms with Gasteiger partial charge in [0.15, 0.2) is 0 Å². The third-order valence-electron chi connectivity index (χ3n) is 2.40. The van der Waals surface area contributed by atoms with Gasteiger partial charge in [-0.1, -0.05) is 0 Å². The van der Waals surface area contributed by atoms with E-state index in [-0.39, 0.29) is 18.1 Å². The van der Waals surface area contributed by atoms with E-state index >= 15 is 0 Å². The Morgan fingerprint density at radius 2 is 2.21 bits per heavy atom. The van der Waals surface area contributed by atoms with Gasteiger partial charge in [0, 0.05) is 5.56 Å². The maximum atomic E-state index is 13.1. The minimum atomic E-state index is -1.50. The van der Waals surface area contributed by atoms with Gasteiger partial charge >= 0.3 is 5.97 Å². The molecular formula is C12H16FNO5. The summed E-state index contributed by atoms with van der Waals surface area (Å²) in [6, 6.07) is 0.991. The first-order valence-electron chi connectivity index (χ1n) is 5.70. The van der Waals surface area contributed by atoms with Gasteiger partial charge in [-0.05, 0) is 13.0 Å². The van der Waals surface area contributed by atoms with E-state index in [0.29, 0.717) is 0 Å². The quantitative estimate of drug-likeness (QED) is 0.737. The number of methoxy groups -OCH3 is 1. The smallest absolute Gasteiger partial charge is 0.308 e. The molecule has 1 aromatic rings. The number of aliphatic hydroxyl groups excluding tert-OH is 2. The molecule has 1 aromatic heterocycles. The summed E-state index contributed by atoms with van der Waals surface area (Å²) >= 11 is 0. The number of rotatable bonds is 6. The van der Waals surface area contributed by atoms with E-state index in [1.54, 1.807) is 6.92 Å². The van der Waals surface area contributed by atoms with E-state index in [4.69, 9.17) is 4.74 Å². The van der Waals surface area contributed by atoms with Crippen LogP contribution in [0.15, 0.2) is 12.3 Å². The Hall–Kier alpha value is -1.73. The summed E-state index contributed by atoms with van der Waals surface area (Å²) in [7, 11) is 1.30. The number of aromatic nitrogens is 1. The summed E-state index contributed by atoms with van der Waals surface area (Å²) < 4.78 is 22.6. The van der Waals surface area contributed by atoms with Gasteiger partial charge < -0.3 is 19.7 Å². The van der Waals surface area contributed by atoms with Gasteiger partial charge in [-0.25, -0.2) is 9.37 Å². The Kier molecular flexibility index (Phi) is 5.65. The third kappa shape index (κ3) is 4.15. The van der Waals surface area contributed by atoms with E-state index in [0.717, 1.165) is 12.3 Å². The maximum absolute atomic E-state index is 13.1. The average molecular weight is 273 g/mol. The monoisotopic (exact) mass is 273 g/mol. The van der Waals surface area contributed by atoms with Crippen molar-refractivity contribution in [3.05, 3.63) is 23.6 Å². The number of esters is 1. The minimum absolute atomic E-state index is 0.0168. The number of halogens is 1. The first kappa shape index (κ1) is 15.3. The van der Waals surface area contributed by atoms with Gasteiger partial charge in [0.25, 0.3) is 0 Å². The highest BCUT2D eigenvalue weighted by Gasteiger charge is 2.26. The maximum Gasteiger partial charge on any atom is 0.308 e. The molecule has 0 aliphatic carbocycles. The van der Waals surface area contributed by atoms with E-state index in [1.807, 2.05) is 0 Å². The Morgan fingerprint density at radius 1 is 1.53 bits per heavy atom. The van der Waals surface area contributed by atoms with Crippen LogP contribution in [-0.2, 0) is 9.53 Å². The highest BCUT2D eigenvalue weighted by Crippen LogP contribution is 2.27. The fourth-order valence-electron chi connectivity index (χ4n) is 1.53. The number of nitrogens with zero attached hydrogens (tertiary/aromatic N) is 1. The molecule has 0 saturated carbocycles. The van der Waals surface area contributed by atoms with Crippen molar-refractivity contribution in [2.24, 2.45) is 0 Å². The molecule has 6 nitrogen and oxygen atoms in total. The van der Waals surface area contributed by atoms with Gasteiger partial charge in [0.05, 0.1) is 32.4 Å². The van der Waals surface area contributed by atoms with Gasteiger partial charge in [-0.15, -0.1) is 0 Å². The van der Waals surface area contributed by atoms with Crippen molar-refractivity contribution in [1.29, 1.82) is 0 Å². The normalized spacial score (nSPS) is 13.7. The molecule has 106 valence electrons. The van der Waals surface area contributed by atoms with Gasteiger partial charge in [-0.2, -0.15) is 0 Å². The van der Waals surface area contributed by atoms with Crippen LogP contribution in [0.25, 0.3) is 0 Å². The van der Waals surface area contributed by atoms with Crippen LogP contribution in [0.5, 0.6) is 5.88 Å². The molecule has 0 amide bonds. The molecule has 0 saturated heterocycles. The molecule has 0 radical (unpaired) electrons. The molecule has 0 fully saturated rings. The summed E-state index contributed by atoms with van der Waals surface area (Å²) in [5.74, 6) is -1.35. The van der Waals surface area contributed by atoms with E-state index in [2.05, 4.69) is 9.72 Å². The summed E-state index contributed by atoms with van der Waals surface area (Å²) in [5.41, 5.74) is -0.0284. The summed E-state index contributed by atoms with van der Waals surface area (Å²) in [5, 5.41) is 19.6. The summed E-state index contributed by atoms with van der Waals surface area (Å²) in [6.45, 7) is 1.80. The molecule has 1 rings (SSSR count). The zero-order valence-corrected chi connectivity index (χ0v) is 10.7. The number of hydrogen-bond acceptors (Lipinski definition) is 6. The number of aliphatic hydroxyl groups is 2. The topological polar surface area (TPSA) is 88.9 Å². The van der Waals surface area contributed by atoms with Crippen LogP contribution in [0.4, 0.5) is 4.39 Å². The van der Waals surface area contributed by atoms with E-state index < -0.39 is 30.4 Å². The molecule has 0 spiro atoms. The molecule has 0 aliphatic rings. The van der Waals surface area contributed by atoms with E-state index in [1.165, 1.54) is 7.11 Å². The highest BCUT2D eigenvalue weighted by atomic mass is 19.1. The SMILES string of the molecule is CCOC(=O)CC(O)C(O)c1cc(F)cnc1OC. The predicted octanol–water partition coefficient (Wildman–Crippen LogP) is 0.577. The lowest BCUT2D eigenvalue weighted by Gasteiger charge is -2.18. The predicted molar refractivity (Wildman–Crippen MR) is 63.0 cm³/mol. The van der Waals surface area contributed by atoms with Crippen LogP contribution < -0.4 is 4.74 Å². The Balaban J connectivity index is 2.83. The zero-order chi connectivity index (χ0) is 14.4. The lowest BCUT2D eigenvalue weighted by molar-refractivity contribution is -0.147. The van der Waals surface area contributed by atoms with Crippen LogP contribution in [0.1, 0.15) is 25.0 Å². The largest absolute Gasteiger partial charge is 0.481 e. The van der Waals surface area contributed by atoms with Crippen molar-refractivity contribution in [3.8, 4) is 5.88 Å². The Bertz CT molecular complexity index is 440. The standard InChI is InChI=1S/C12H16FNO5/c1-3-19-10(16)5-9(15)11(17)8-4-7(13)6-14-12(8)18-2/h4,6,9,11,15,17H,3,5H2,1-2H3. The van der Waals surface area contributed by atoms with Crippen molar-refractivity contribution >= 4 is 5.97 Å². The van der Waals surface area contributed by atoms with Crippen molar-refractivity contribution in [2.75, 3.05) is 13.7 Å². The molecular weight excluding hydrogens is 257 g/mol. The highest BCUT2D eigenvalue weighted by molar-refractivity contribution is 5.70. The molecule has 19 heavy (non-hydrogen) atoms. The summed E-state index contributed by atoms with van der Waals surface area (Å²) in [4.78, 5) is 14.8. The lowest BCUT2D eigenvalue weighted by atomic mass is 10.0. The molecule has 2 N–H and O–H groups in total. The molecule has 7 heteroatoms. The van der Waals surface area contributed by atoms with Gasteiger partial charge in [-0.3, -0.25) is 4.79 Å². The van der Waals surface area contributed by atoms with Crippen LogP contribution in [-0.4, -0.2) is 41.0 Å². The van der Waals surface area contributed by atoms with Gasteiger partial charge in [0.2, 0.25) is 5.88 Å². The molecule has 0 aromatic carbocycles. The molecule has 0 aliphatic heterocycles. The first-order valence-corrected chi connectivity index (χ1v) is 5.70. The summed E-state index contributed by atoms with van der Waals surface area (Å²) in [6.07, 6.45) is -2.42. The number of hydrogen-bond donors (Lipinski definition) is 2. The molecule has 2 atom stereocenters. The molecule has 0 bridgehead atoms. The molecule has 1 heterocycles. The van der Waals surface area contributed by atoms with Crippen molar-refractivity contribution in [1.82, 2.24) is 4.98 Å². The Morgan fingerprint density at radius 3 is 2.79 bits per heavy atom. The van der Waals surface area contributed by atoms with Crippen LogP contribution in [0, 0.1) is 5.82 Å². The zero-order valence-electron chi connectivity index (χ0n) is 10.7. The van der Waals surface area contributed by atoms with Crippen molar-refractivity contribution in [2.45, 2.75) is 25.6 Å². The van der Waals surface area contributed by atoms with E-state index in [9.17, 15) is 19.4 Å². The second-order valence-corrected chi connectivity index (χ2v) is 3.77. The number of carbonyl (C=O) groups is 1. The van der Waals surface area contributed by atoms with Crippen molar-refractivity contribution < 1.29 is 28.9 Å². The van der Waals surface area contributed by atoms with Crippen LogP contribution >= 0.6 is 0 Å². The second-order valence-electron chi connectivity index (χ2n) is 3.77. The fraction of sp³-hybridized carbons (Fsp3) is 0.500. The number of pyridine rings is 1. The lowest BCUT2D eigenvalue weighted by Crippen LogP contribution is -2.23. The average Bonchev–Trinajstić information content (AvgIpc) is 2.37. The second kappa shape index (κ2) is 7.01. The minimum Gasteiger partial charge on any atom is -0.481 e. The number of carbonyl (C=O) groups excluding carboxylic acids is 1. The number of ether oxygens (including phenoxy) is 2. The third-order valence-corrected chi connectivity index (χ3v) is 2.40. The first-order chi connectivity index (χ1) is 8.99. The Labute approximate surface area is 109 Å². The fourth-order valence-corrected chi connectivity index (χ4v) is 1.53. The van der Waals surface area contributed by atoms with Crippen molar-refractivity contribution in [3.63, 3.8) is 0 Å². The van der Waals surface area contributed by atoms with Gasteiger partial charge in [0.1, 0.15) is 11.9 Å². The van der Waals surface area contributed by atoms with Crippen LogP contribution in [0.3, 0.4) is 0 Å². The molecule has 2 unspecified atom stereocenters.